The molecule has 2 N–H and O–H groups in total. The first-order chi connectivity index (χ1) is 13.7. The maximum Gasteiger partial charge on any atom is 0.319 e. The number of rotatable bonds is 5. The van der Waals surface area contributed by atoms with E-state index in [2.05, 4.69) is 15.7 Å². The predicted molar refractivity (Wildman–Crippen MR) is 106 cm³/mol. The number of nitrogens with one attached hydrogen (secondary N) is 2. The van der Waals surface area contributed by atoms with Gasteiger partial charge >= 0.3 is 6.03 Å². The van der Waals surface area contributed by atoms with Gasteiger partial charge in [-0.15, -0.1) is 11.3 Å². The molecule has 4 rings (SSSR count). The van der Waals surface area contributed by atoms with Crippen LogP contribution < -0.4 is 25.7 Å². The molecular weight excluding hydrogens is 380 g/mol. The number of carbonyl (C=O) groups excluding carboxylic acids is 1. The Balaban J connectivity index is 1.33. The van der Waals surface area contributed by atoms with Crippen LogP contribution in [0, 0.1) is 0 Å². The molecule has 0 saturated carbocycles. The number of ether oxygens (including phenoxy) is 2. The van der Waals surface area contributed by atoms with Crippen molar-refractivity contribution in [1.82, 2.24) is 15.1 Å². The summed E-state index contributed by atoms with van der Waals surface area (Å²) >= 11 is 1.55. The van der Waals surface area contributed by atoms with E-state index in [4.69, 9.17) is 9.47 Å². The monoisotopic (exact) mass is 398 g/mol. The highest BCUT2D eigenvalue weighted by atomic mass is 32.1. The molecule has 9 heteroatoms. The molecule has 0 aliphatic carbocycles. The number of thiophene rings is 1. The number of hydrogen-bond acceptors (Lipinski definition) is 6. The van der Waals surface area contributed by atoms with Crippen LogP contribution >= 0.6 is 11.3 Å². The molecule has 8 nitrogen and oxygen atoms in total. The van der Waals surface area contributed by atoms with Gasteiger partial charge in [-0.3, -0.25) is 4.79 Å². The summed E-state index contributed by atoms with van der Waals surface area (Å²) in [5.41, 5.74) is 1.11. The summed E-state index contributed by atoms with van der Waals surface area (Å²) < 4.78 is 12.3. The Morgan fingerprint density at radius 3 is 2.82 bits per heavy atom. The first-order valence-corrected chi connectivity index (χ1v) is 9.63. The third-order valence-electron chi connectivity index (χ3n) is 4.05. The van der Waals surface area contributed by atoms with Crippen molar-refractivity contribution < 1.29 is 14.3 Å². The fourth-order valence-corrected chi connectivity index (χ4v) is 3.43. The summed E-state index contributed by atoms with van der Waals surface area (Å²) in [7, 11) is 0. The van der Waals surface area contributed by atoms with Crippen molar-refractivity contribution in [2.24, 2.45) is 0 Å². The number of amides is 2. The fourth-order valence-electron chi connectivity index (χ4n) is 2.74. The summed E-state index contributed by atoms with van der Waals surface area (Å²) in [6, 6.07) is 11.9. The lowest BCUT2D eigenvalue weighted by molar-refractivity contribution is 0.171. The van der Waals surface area contributed by atoms with Gasteiger partial charge in [-0.05, 0) is 29.6 Å². The molecule has 0 radical (unpaired) electrons. The molecule has 0 atom stereocenters. The first kappa shape index (κ1) is 18.1. The molecule has 0 bridgehead atoms. The molecular formula is C19H18N4O4S. The van der Waals surface area contributed by atoms with Crippen LogP contribution in [0.4, 0.5) is 10.5 Å². The molecule has 144 valence electrons. The number of urea groups is 1. The third kappa shape index (κ3) is 4.15. The fraction of sp³-hybridized carbons (Fsp3) is 0.211. The summed E-state index contributed by atoms with van der Waals surface area (Å²) in [6.45, 7) is 1.53. The molecule has 1 aromatic carbocycles. The summed E-state index contributed by atoms with van der Waals surface area (Å²) in [6.07, 6.45) is 0. The van der Waals surface area contributed by atoms with E-state index in [-0.39, 0.29) is 24.7 Å². The molecule has 0 saturated heterocycles. The zero-order valence-electron chi connectivity index (χ0n) is 14.9. The van der Waals surface area contributed by atoms with Crippen molar-refractivity contribution >= 4 is 23.1 Å². The summed E-state index contributed by atoms with van der Waals surface area (Å²) in [5, 5.41) is 11.8. The van der Waals surface area contributed by atoms with Crippen molar-refractivity contribution in [1.29, 1.82) is 0 Å². The number of carbonyl (C=O) groups is 1. The van der Waals surface area contributed by atoms with Gasteiger partial charge in [0.25, 0.3) is 5.56 Å². The zero-order chi connectivity index (χ0) is 19.3. The zero-order valence-corrected chi connectivity index (χ0v) is 15.7. The predicted octanol–water partition coefficient (Wildman–Crippen LogP) is 2.56. The lowest BCUT2D eigenvalue weighted by atomic mass is 10.2. The van der Waals surface area contributed by atoms with E-state index >= 15 is 0 Å². The number of anilines is 1. The standard InChI is InChI=1S/C19H18N4O4S/c24-18-6-4-14(17-2-1-11-28-17)22-23(18)8-7-20-19(25)21-13-3-5-15-16(12-13)27-10-9-26-15/h1-6,11-12H,7-10H2,(H2,20,21,25). The Morgan fingerprint density at radius 1 is 1.14 bits per heavy atom. The van der Waals surface area contributed by atoms with Crippen molar-refractivity contribution in [3.05, 3.63) is 58.2 Å². The van der Waals surface area contributed by atoms with E-state index in [1.807, 2.05) is 17.5 Å². The van der Waals surface area contributed by atoms with Gasteiger partial charge in [0, 0.05) is 24.4 Å². The summed E-state index contributed by atoms with van der Waals surface area (Å²) in [5.74, 6) is 1.26. The molecule has 0 unspecified atom stereocenters. The molecule has 2 amide bonds. The molecule has 0 fully saturated rings. The van der Waals surface area contributed by atoms with Crippen LogP contribution in [0.1, 0.15) is 0 Å². The minimum atomic E-state index is -0.376. The topological polar surface area (TPSA) is 94.5 Å². The van der Waals surface area contributed by atoms with Crippen molar-refractivity contribution in [2.75, 3.05) is 25.1 Å². The Kier molecular flexibility index (Phi) is 5.24. The van der Waals surface area contributed by atoms with Crippen LogP contribution in [-0.4, -0.2) is 35.6 Å². The van der Waals surface area contributed by atoms with Gasteiger partial charge in [0.15, 0.2) is 11.5 Å². The van der Waals surface area contributed by atoms with E-state index in [0.717, 1.165) is 10.6 Å². The van der Waals surface area contributed by atoms with E-state index in [1.165, 1.54) is 10.7 Å². The van der Waals surface area contributed by atoms with Crippen LogP contribution in [0.25, 0.3) is 10.6 Å². The van der Waals surface area contributed by atoms with E-state index in [1.54, 1.807) is 35.6 Å². The number of aromatic nitrogens is 2. The van der Waals surface area contributed by atoms with E-state index in [0.29, 0.717) is 30.4 Å². The Bertz CT molecular complexity index is 1030. The Hall–Kier alpha value is -3.33. The smallest absolute Gasteiger partial charge is 0.319 e. The Morgan fingerprint density at radius 2 is 2.00 bits per heavy atom. The molecule has 0 spiro atoms. The highest BCUT2D eigenvalue weighted by Gasteiger charge is 2.12. The molecule has 3 heterocycles. The van der Waals surface area contributed by atoms with Gasteiger partial charge in [0.05, 0.1) is 11.4 Å². The van der Waals surface area contributed by atoms with Crippen molar-refractivity contribution in [3.63, 3.8) is 0 Å². The second-order valence-corrected chi connectivity index (χ2v) is 6.94. The average Bonchev–Trinajstić information content (AvgIpc) is 3.24. The molecule has 28 heavy (non-hydrogen) atoms. The first-order valence-electron chi connectivity index (χ1n) is 8.75. The largest absolute Gasteiger partial charge is 0.486 e. The van der Waals surface area contributed by atoms with Gasteiger partial charge in [-0.1, -0.05) is 6.07 Å². The van der Waals surface area contributed by atoms with Gasteiger partial charge in [-0.2, -0.15) is 5.10 Å². The normalized spacial score (nSPS) is 12.4. The molecule has 1 aliphatic rings. The van der Waals surface area contributed by atoms with Crippen LogP contribution in [0.2, 0.25) is 0 Å². The maximum absolute atomic E-state index is 12.1. The molecule has 1 aliphatic heterocycles. The SMILES string of the molecule is O=C(NCCn1nc(-c2cccs2)ccc1=O)Nc1ccc2c(c1)OCCO2. The van der Waals surface area contributed by atoms with Crippen LogP contribution in [0.5, 0.6) is 11.5 Å². The van der Waals surface area contributed by atoms with Crippen LogP contribution in [-0.2, 0) is 6.54 Å². The van der Waals surface area contributed by atoms with Crippen molar-refractivity contribution in [3.8, 4) is 22.1 Å². The van der Waals surface area contributed by atoms with E-state index in [9.17, 15) is 9.59 Å². The van der Waals surface area contributed by atoms with Gasteiger partial charge < -0.3 is 20.1 Å². The lowest BCUT2D eigenvalue weighted by Gasteiger charge is -2.19. The minimum absolute atomic E-state index is 0.214. The number of fused-ring (bicyclic) bond motifs is 1. The second kappa shape index (κ2) is 8.13. The number of benzene rings is 1. The van der Waals surface area contributed by atoms with Crippen LogP contribution in [0.3, 0.4) is 0 Å². The number of nitrogens with zero attached hydrogens (tertiary/aromatic N) is 2. The highest BCUT2D eigenvalue weighted by molar-refractivity contribution is 7.13. The maximum atomic E-state index is 12.1. The van der Waals surface area contributed by atoms with Gasteiger partial charge in [0.1, 0.15) is 18.9 Å². The molecule has 3 aromatic rings. The Labute approximate surface area is 164 Å². The highest BCUT2D eigenvalue weighted by Crippen LogP contribution is 2.32. The number of hydrogen-bond donors (Lipinski definition) is 2. The quantitative estimate of drug-likeness (QED) is 0.689. The second-order valence-electron chi connectivity index (χ2n) is 6.00. The van der Waals surface area contributed by atoms with Gasteiger partial charge in [0.2, 0.25) is 0 Å². The van der Waals surface area contributed by atoms with Crippen LogP contribution in [0.15, 0.2) is 52.6 Å². The molecule has 2 aromatic heterocycles. The summed E-state index contributed by atoms with van der Waals surface area (Å²) in [4.78, 5) is 25.1. The average molecular weight is 398 g/mol. The third-order valence-corrected chi connectivity index (χ3v) is 4.94. The van der Waals surface area contributed by atoms with Gasteiger partial charge in [-0.25, -0.2) is 9.48 Å². The van der Waals surface area contributed by atoms with E-state index < -0.39 is 0 Å². The van der Waals surface area contributed by atoms with Crippen molar-refractivity contribution in [2.45, 2.75) is 6.54 Å². The minimum Gasteiger partial charge on any atom is -0.486 e. The lowest BCUT2D eigenvalue weighted by Crippen LogP contribution is -2.34.